The first-order valence-corrected chi connectivity index (χ1v) is 13.3. The quantitative estimate of drug-likeness (QED) is 0.298. The van der Waals surface area contributed by atoms with E-state index in [-0.39, 0.29) is 33.1 Å². The molecule has 3 rings (SSSR count). The summed E-state index contributed by atoms with van der Waals surface area (Å²) in [6, 6.07) is 11.2. The molecule has 182 valence electrons. The fourth-order valence-corrected chi connectivity index (χ4v) is 4.99. The third-order valence-electron chi connectivity index (χ3n) is 4.44. The second-order valence-electron chi connectivity index (χ2n) is 7.36. The maximum atomic E-state index is 12.9. The standard InChI is InChI=1S/C22H21BrCl3N3O4S/c1-29(2)8-9-32-18-10-14(6-7-16(18)24)13-33-19-11-15(23)12-27-22(19)28-34(30,31)20-5-3-4-17(25)21(20)26/h3-7,10-12H,8-9,13H2,1-2H3,(H,27,28). The maximum Gasteiger partial charge on any atom is 0.264 e. The van der Waals surface area contributed by atoms with E-state index in [0.717, 1.165) is 12.1 Å². The van der Waals surface area contributed by atoms with Gasteiger partial charge >= 0.3 is 0 Å². The van der Waals surface area contributed by atoms with E-state index in [0.29, 0.717) is 21.9 Å². The van der Waals surface area contributed by atoms with Crippen LogP contribution >= 0.6 is 50.7 Å². The molecule has 0 aliphatic heterocycles. The van der Waals surface area contributed by atoms with Crippen molar-refractivity contribution in [1.82, 2.24) is 9.88 Å². The number of pyridine rings is 1. The summed E-state index contributed by atoms with van der Waals surface area (Å²) in [5, 5.41) is 0.522. The summed E-state index contributed by atoms with van der Waals surface area (Å²) in [6.07, 6.45) is 1.45. The number of sulfonamides is 1. The molecule has 0 unspecified atom stereocenters. The number of benzene rings is 2. The number of rotatable bonds is 10. The third-order valence-corrected chi connectivity index (χ3v) is 7.50. The molecule has 1 aromatic heterocycles. The number of likely N-dealkylation sites (N-methyl/N-ethyl adjacent to an activating group) is 1. The molecule has 0 fully saturated rings. The van der Waals surface area contributed by atoms with Crippen LogP contribution in [0.5, 0.6) is 11.5 Å². The number of hydrogen-bond donors (Lipinski definition) is 1. The van der Waals surface area contributed by atoms with Crippen molar-refractivity contribution in [1.29, 1.82) is 0 Å². The van der Waals surface area contributed by atoms with Crippen molar-refractivity contribution in [2.45, 2.75) is 11.5 Å². The summed E-state index contributed by atoms with van der Waals surface area (Å²) < 4.78 is 40.5. The van der Waals surface area contributed by atoms with Crippen LogP contribution in [0.1, 0.15) is 5.56 Å². The lowest BCUT2D eigenvalue weighted by atomic mass is 10.2. The van der Waals surface area contributed by atoms with Gasteiger partial charge in [0.05, 0.1) is 15.1 Å². The van der Waals surface area contributed by atoms with E-state index in [1.54, 1.807) is 24.3 Å². The molecule has 3 aromatic rings. The number of hydrogen-bond acceptors (Lipinski definition) is 6. The van der Waals surface area contributed by atoms with Gasteiger partial charge in [-0.2, -0.15) is 0 Å². The third kappa shape index (κ3) is 7.13. The fourth-order valence-electron chi connectivity index (χ4n) is 2.73. The average molecular weight is 610 g/mol. The second kappa shape index (κ2) is 11.8. The van der Waals surface area contributed by atoms with Crippen LogP contribution in [0.2, 0.25) is 15.1 Å². The molecule has 34 heavy (non-hydrogen) atoms. The van der Waals surface area contributed by atoms with Gasteiger partial charge in [0.2, 0.25) is 0 Å². The van der Waals surface area contributed by atoms with Gasteiger partial charge < -0.3 is 14.4 Å². The molecule has 0 radical (unpaired) electrons. The first kappa shape index (κ1) is 26.8. The summed E-state index contributed by atoms with van der Waals surface area (Å²) in [4.78, 5) is 5.98. The molecule has 2 aromatic carbocycles. The van der Waals surface area contributed by atoms with Gasteiger partial charge in [-0.3, -0.25) is 4.72 Å². The van der Waals surface area contributed by atoms with Crippen LogP contribution in [-0.2, 0) is 16.6 Å². The predicted molar refractivity (Wildman–Crippen MR) is 139 cm³/mol. The van der Waals surface area contributed by atoms with Crippen LogP contribution in [0.4, 0.5) is 5.82 Å². The Morgan fingerprint density at radius 1 is 1.03 bits per heavy atom. The van der Waals surface area contributed by atoms with Gasteiger partial charge in [-0.05, 0) is 65.9 Å². The molecule has 0 aliphatic rings. The van der Waals surface area contributed by atoms with Gasteiger partial charge in [0.1, 0.15) is 23.9 Å². The molecule has 0 spiro atoms. The molecule has 1 N–H and O–H groups in total. The first-order valence-electron chi connectivity index (χ1n) is 9.88. The van der Waals surface area contributed by atoms with Crippen LogP contribution in [0, 0.1) is 0 Å². The van der Waals surface area contributed by atoms with E-state index >= 15 is 0 Å². The molecule has 1 heterocycles. The molecule has 12 heteroatoms. The molecule has 0 aliphatic carbocycles. The minimum absolute atomic E-state index is 0.00402. The Balaban J connectivity index is 1.79. The van der Waals surface area contributed by atoms with E-state index < -0.39 is 10.0 Å². The SMILES string of the molecule is CN(C)CCOc1cc(COc2cc(Br)cnc2NS(=O)(=O)c2cccc(Cl)c2Cl)ccc1Cl. The fraction of sp³-hybridized carbons (Fsp3) is 0.227. The first-order chi connectivity index (χ1) is 16.1. The van der Waals surface area contributed by atoms with E-state index in [2.05, 4.69) is 25.6 Å². The molecular weight excluding hydrogens is 589 g/mol. The Bertz CT molecular complexity index is 1280. The summed E-state index contributed by atoms with van der Waals surface area (Å²) in [5.41, 5.74) is 0.774. The van der Waals surface area contributed by atoms with Gasteiger partial charge in [0, 0.05) is 17.2 Å². The lowest BCUT2D eigenvalue weighted by Crippen LogP contribution is -2.19. The molecular formula is C22H21BrCl3N3O4S. The molecule has 0 saturated carbocycles. The molecule has 0 bridgehead atoms. The van der Waals surface area contributed by atoms with Crippen LogP contribution in [0.3, 0.4) is 0 Å². The van der Waals surface area contributed by atoms with Crippen molar-refractivity contribution in [3.8, 4) is 11.5 Å². The number of ether oxygens (including phenoxy) is 2. The van der Waals surface area contributed by atoms with Gasteiger partial charge in [0.15, 0.2) is 11.6 Å². The molecule has 0 atom stereocenters. The largest absolute Gasteiger partial charge is 0.491 e. The zero-order valence-electron chi connectivity index (χ0n) is 18.2. The van der Waals surface area contributed by atoms with Gasteiger partial charge in [0.25, 0.3) is 10.0 Å². The highest BCUT2D eigenvalue weighted by atomic mass is 79.9. The summed E-state index contributed by atoms with van der Waals surface area (Å²) in [7, 11) is -0.177. The van der Waals surface area contributed by atoms with Crippen LogP contribution in [-0.4, -0.2) is 45.5 Å². The van der Waals surface area contributed by atoms with Crippen molar-refractivity contribution >= 4 is 66.6 Å². The Labute approximate surface area is 222 Å². The Kier molecular flexibility index (Phi) is 9.31. The lowest BCUT2D eigenvalue weighted by molar-refractivity contribution is 0.260. The smallest absolute Gasteiger partial charge is 0.264 e. The zero-order valence-corrected chi connectivity index (χ0v) is 22.9. The van der Waals surface area contributed by atoms with E-state index in [9.17, 15) is 8.42 Å². The highest BCUT2D eigenvalue weighted by Gasteiger charge is 2.22. The van der Waals surface area contributed by atoms with Crippen molar-refractivity contribution < 1.29 is 17.9 Å². The van der Waals surface area contributed by atoms with Gasteiger partial charge in [-0.25, -0.2) is 13.4 Å². The van der Waals surface area contributed by atoms with Crippen molar-refractivity contribution in [2.75, 3.05) is 32.0 Å². The summed E-state index contributed by atoms with van der Waals surface area (Å²) >= 11 is 21.6. The van der Waals surface area contributed by atoms with Crippen LogP contribution in [0.15, 0.2) is 58.0 Å². The predicted octanol–water partition coefficient (Wildman–Crippen LogP) is 6.12. The summed E-state index contributed by atoms with van der Waals surface area (Å²) in [5.74, 6) is 0.741. The number of halogens is 4. The average Bonchev–Trinajstić information content (AvgIpc) is 2.77. The van der Waals surface area contributed by atoms with Crippen molar-refractivity contribution in [3.05, 3.63) is 73.8 Å². The highest BCUT2D eigenvalue weighted by molar-refractivity contribution is 9.10. The summed E-state index contributed by atoms with van der Waals surface area (Å²) in [6.45, 7) is 1.33. The monoisotopic (exact) mass is 607 g/mol. The zero-order chi connectivity index (χ0) is 24.9. The lowest BCUT2D eigenvalue weighted by Gasteiger charge is -2.15. The number of nitrogens with one attached hydrogen (secondary N) is 1. The molecule has 7 nitrogen and oxygen atoms in total. The molecule has 0 saturated heterocycles. The van der Waals surface area contributed by atoms with Crippen molar-refractivity contribution in [2.24, 2.45) is 0 Å². The second-order valence-corrected chi connectivity index (χ2v) is 11.1. The van der Waals surface area contributed by atoms with Gasteiger partial charge in [-0.15, -0.1) is 0 Å². The number of nitrogens with zero attached hydrogens (tertiary/aromatic N) is 2. The minimum atomic E-state index is -4.08. The maximum absolute atomic E-state index is 12.9. The van der Waals surface area contributed by atoms with E-state index in [1.165, 1.54) is 24.4 Å². The Hall–Kier alpha value is -1.75. The van der Waals surface area contributed by atoms with Crippen molar-refractivity contribution in [3.63, 3.8) is 0 Å². The highest BCUT2D eigenvalue weighted by Crippen LogP contribution is 2.33. The van der Waals surface area contributed by atoms with E-state index in [4.69, 9.17) is 44.3 Å². The van der Waals surface area contributed by atoms with E-state index in [1.807, 2.05) is 19.0 Å². The normalized spacial score (nSPS) is 11.5. The van der Waals surface area contributed by atoms with Crippen LogP contribution in [0.25, 0.3) is 0 Å². The van der Waals surface area contributed by atoms with Gasteiger partial charge in [-0.1, -0.05) is 46.9 Å². The topological polar surface area (TPSA) is 80.8 Å². The van der Waals surface area contributed by atoms with Crippen LogP contribution < -0.4 is 14.2 Å². The number of anilines is 1. The minimum Gasteiger partial charge on any atom is -0.491 e. The Morgan fingerprint density at radius 3 is 2.53 bits per heavy atom. The molecule has 0 amide bonds. The Morgan fingerprint density at radius 2 is 1.79 bits per heavy atom. The number of aromatic nitrogens is 1.